The third-order valence-electron chi connectivity index (χ3n) is 3.64. The zero-order valence-corrected chi connectivity index (χ0v) is 9.77. The van der Waals surface area contributed by atoms with Crippen LogP contribution < -0.4 is 0 Å². The standard InChI is InChI=1S/C13H20O2/c1-8(2)4-5-10-9(3)6-12-11(10)7-13(14)15-12/h4-5,8-12H,6-7H2,1-3H3/t9-,10+,11-,12+/m1/s1. The minimum atomic E-state index is -0.000142. The van der Waals surface area contributed by atoms with Crippen LogP contribution in [0.4, 0.5) is 0 Å². The van der Waals surface area contributed by atoms with Gasteiger partial charge in [0.1, 0.15) is 6.10 Å². The van der Waals surface area contributed by atoms with E-state index in [1.807, 2.05) is 0 Å². The van der Waals surface area contributed by atoms with Crippen LogP contribution in [0, 0.1) is 23.7 Å². The summed E-state index contributed by atoms with van der Waals surface area (Å²) in [6.45, 7) is 6.63. The highest BCUT2D eigenvalue weighted by molar-refractivity contribution is 5.72. The van der Waals surface area contributed by atoms with Crippen molar-refractivity contribution in [2.75, 3.05) is 0 Å². The molecule has 1 aliphatic carbocycles. The van der Waals surface area contributed by atoms with Gasteiger partial charge in [0.15, 0.2) is 0 Å². The number of esters is 1. The Kier molecular flexibility index (Phi) is 2.85. The summed E-state index contributed by atoms with van der Waals surface area (Å²) in [5, 5.41) is 0. The predicted octanol–water partition coefficient (Wildman–Crippen LogP) is 2.79. The first kappa shape index (κ1) is 10.7. The van der Waals surface area contributed by atoms with Gasteiger partial charge < -0.3 is 4.74 Å². The van der Waals surface area contributed by atoms with Crippen molar-refractivity contribution in [2.24, 2.45) is 23.7 Å². The highest BCUT2D eigenvalue weighted by Crippen LogP contribution is 2.45. The lowest BCUT2D eigenvalue weighted by Gasteiger charge is -2.15. The van der Waals surface area contributed by atoms with E-state index in [0.29, 0.717) is 30.1 Å². The van der Waals surface area contributed by atoms with Gasteiger partial charge in [-0.25, -0.2) is 0 Å². The number of carbonyl (C=O) groups excluding carboxylic acids is 1. The van der Waals surface area contributed by atoms with Crippen LogP contribution in [0.15, 0.2) is 12.2 Å². The second kappa shape index (κ2) is 3.99. The molecule has 2 rings (SSSR count). The molecule has 1 heterocycles. The molecule has 4 atom stereocenters. The Labute approximate surface area is 91.7 Å². The van der Waals surface area contributed by atoms with Crippen LogP contribution in [0.3, 0.4) is 0 Å². The topological polar surface area (TPSA) is 26.3 Å². The number of ether oxygens (including phenoxy) is 1. The molecule has 84 valence electrons. The van der Waals surface area contributed by atoms with Gasteiger partial charge in [-0.2, -0.15) is 0 Å². The zero-order valence-electron chi connectivity index (χ0n) is 9.77. The Bertz CT molecular complexity index is 280. The number of rotatable bonds is 2. The van der Waals surface area contributed by atoms with Crippen LogP contribution in [0.2, 0.25) is 0 Å². The van der Waals surface area contributed by atoms with Gasteiger partial charge in [0, 0.05) is 5.92 Å². The van der Waals surface area contributed by atoms with Crippen LogP contribution in [0.5, 0.6) is 0 Å². The van der Waals surface area contributed by atoms with Gasteiger partial charge in [-0.1, -0.05) is 32.9 Å². The van der Waals surface area contributed by atoms with Crippen LogP contribution in [0.1, 0.15) is 33.6 Å². The van der Waals surface area contributed by atoms with E-state index in [0.717, 1.165) is 6.42 Å². The Morgan fingerprint density at radius 3 is 2.87 bits per heavy atom. The van der Waals surface area contributed by atoms with Crippen molar-refractivity contribution in [3.05, 3.63) is 12.2 Å². The quantitative estimate of drug-likeness (QED) is 0.515. The molecule has 2 aliphatic rings. The highest BCUT2D eigenvalue weighted by Gasteiger charge is 2.47. The van der Waals surface area contributed by atoms with E-state index in [2.05, 4.69) is 32.9 Å². The molecule has 0 unspecified atom stereocenters. The monoisotopic (exact) mass is 208 g/mol. The number of hydrogen-bond donors (Lipinski definition) is 0. The Hall–Kier alpha value is -0.790. The minimum Gasteiger partial charge on any atom is -0.462 e. The fraction of sp³-hybridized carbons (Fsp3) is 0.769. The van der Waals surface area contributed by atoms with Crippen molar-refractivity contribution >= 4 is 5.97 Å². The molecule has 1 saturated heterocycles. The van der Waals surface area contributed by atoms with Gasteiger partial charge in [0.2, 0.25) is 0 Å². The first-order valence-electron chi connectivity index (χ1n) is 5.95. The normalized spacial score (nSPS) is 40.1. The van der Waals surface area contributed by atoms with Gasteiger partial charge in [-0.3, -0.25) is 4.79 Å². The molecule has 2 nitrogen and oxygen atoms in total. The lowest BCUT2D eigenvalue weighted by atomic mass is 9.87. The van der Waals surface area contributed by atoms with E-state index in [1.54, 1.807) is 0 Å². The summed E-state index contributed by atoms with van der Waals surface area (Å²) in [7, 11) is 0. The average Bonchev–Trinajstić information content (AvgIpc) is 2.57. The molecular weight excluding hydrogens is 188 g/mol. The van der Waals surface area contributed by atoms with Gasteiger partial charge in [-0.15, -0.1) is 0 Å². The lowest BCUT2D eigenvalue weighted by molar-refractivity contribution is -0.141. The van der Waals surface area contributed by atoms with Gasteiger partial charge >= 0.3 is 5.97 Å². The molecule has 15 heavy (non-hydrogen) atoms. The molecule has 2 heteroatoms. The molecule has 0 N–H and O–H groups in total. The maximum Gasteiger partial charge on any atom is 0.306 e. The SMILES string of the molecule is CC(C)C=C[C@@H]1[C@H]2CC(=O)O[C@H]2C[C@H]1C. The van der Waals surface area contributed by atoms with Crippen molar-refractivity contribution in [2.45, 2.75) is 39.7 Å². The molecule has 2 fully saturated rings. The van der Waals surface area contributed by atoms with Crippen molar-refractivity contribution < 1.29 is 9.53 Å². The van der Waals surface area contributed by atoms with Crippen LogP contribution in [-0.2, 0) is 9.53 Å². The molecule has 1 saturated carbocycles. The van der Waals surface area contributed by atoms with E-state index in [-0.39, 0.29) is 12.1 Å². The molecule has 0 aromatic rings. The molecule has 0 spiro atoms. The van der Waals surface area contributed by atoms with Crippen molar-refractivity contribution in [1.82, 2.24) is 0 Å². The Morgan fingerprint density at radius 1 is 1.47 bits per heavy atom. The van der Waals surface area contributed by atoms with Gasteiger partial charge in [0.25, 0.3) is 0 Å². The molecular formula is C13H20O2. The Morgan fingerprint density at radius 2 is 2.20 bits per heavy atom. The summed E-state index contributed by atoms with van der Waals surface area (Å²) < 4.78 is 5.32. The van der Waals surface area contributed by atoms with E-state index < -0.39 is 0 Å². The van der Waals surface area contributed by atoms with Crippen molar-refractivity contribution in [1.29, 1.82) is 0 Å². The largest absolute Gasteiger partial charge is 0.462 e. The van der Waals surface area contributed by atoms with Crippen LogP contribution in [0.25, 0.3) is 0 Å². The minimum absolute atomic E-state index is 0.000142. The summed E-state index contributed by atoms with van der Waals surface area (Å²) in [6.07, 6.45) is 6.44. The smallest absolute Gasteiger partial charge is 0.306 e. The number of fused-ring (bicyclic) bond motifs is 1. The summed E-state index contributed by atoms with van der Waals surface area (Å²) in [4.78, 5) is 11.2. The molecule has 0 radical (unpaired) electrons. The fourth-order valence-corrected chi connectivity index (χ4v) is 2.86. The van der Waals surface area contributed by atoms with Crippen LogP contribution >= 0.6 is 0 Å². The summed E-state index contributed by atoms with van der Waals surface area (Å²) >= 11 is 0. The molecule has 1 aliphatic heterocycles. The lowest BCUT2D eigenvalue weighted by Crippen LogP contribution is -2.13. The molecule has 0 aromatic carbocycles. The fourth-order valence-electron chi connectivity index (χ4n) is 2.86. The first-order valence-corrected chi connectivity index (χ1v) is 5.95. The van der Waals surface area contributed by atoms with E-state index in [1.165, 1.54) is 0 Å². The Balaban J connectivity index is 2.07. The van der Waals surface area contributed by atoms with Crippen molar-refractivity contribution in [3.63, 3.8) is 0 Å². The summed E-state index contributed by atoms with van der Waals surface area (Å²) in [6, 6.07) is 0. The zero-order chi connectivity index (χ0) is 11.0. The first-order chi connectivity index (χ1) is 7.08. The van der Waals surface area contributed by atoms with E-state index >= 15 is 0 Å². The molecule has 0 amide bonds. The third kappa shape index (κ3) is 2.09. The highest BCUT2D eigenvalue weighted by atomic mass is 16.6. The van der Waals surface area contributed by atoms with E-state index in [9.17, 15) is 4.79 Å². The average molecular weight is 208 g/mol. The van der Waals surface area contributed by atoms with Crippen LogP contribution in [-0.4, -0.2) is 12.1 Å². The second-order valence-electron chi connectivity index (χ2n) is 5.32. The number of hydrogen-bond acceptors (Lipinski definition) is 2. The van der Waals surface area contributed by atoms with Gasteiger partial charge in [-0.05, 0) is 24.2 Å². The van der Waals surface area contributed by atoms with Gasteiger partial charge in [0.05, 0.1) is 6.42 Å². The second-order valence-corrected chi connectivity index (χ2v) is 5.32. The molecule has 0 aromatic heterocycles. The summed E-state index contributed by atoms with van der Waals surface area (Å²) in [5.41, 5.74) is 0. The van der Waals surface area contributed by atoms with E-state index in [4.69, 9.17) is 4.74 Å². The summed E-state index contributed by atoms with van der Waals surface area (Å²) in [5.74, 6) is 2.24. The maximum atomic E-state index is 11.2. The molecule has 0 bridgehead atoms. The number of carbonyl (C=O) groups is 1. The number of allylic oxidation sites excluding steroid dienone is 2. The maximum absolute atomic E-state index is 11.2. The predicted molar refractivity (Wildman–Crippen MR) is 59.2 cm³/mol. The third-order valence-corrected chi connectivity index (χ3v) is 3.64. The van der Waals surface area contributed by atoms with Crippen molar-refractivity contribution in [3.8, 4) is 0 Å².